The summed E-state index contributed by atoms with van der Waals surface area (Å²) < 4.78 is 16.0. The van der Waals surface area contributed by atoms with Crippen molar-refractivity contribution in [1.82, 2.24) is 9.80 Å². The van der Waals surface area contributed by atoms with Crippen LogP contribution in [0, 0.1) is 0 Å². The van der Waals surface area contributed by atoms with E-state index in [1.165, 1.54) is 21.3 Å². The number of anilines is 1. The summed E-state index contributed by atoms with van der Waals surface area (Å²) in [7, 11) is 4.61. The van der Waals surface area contributed by atoms with Crippen LogP contribution in [0.5, 0.6) is 17.2 Å². The third kappa shape index (κ3) is 5.80. The van der Waals surface area contributed by atoms with Crippen LogP contribution >= 0.6 is 0 Å². The van der Waals surface area contributed by atoms with Crippen LogP contribution in [0.3, 0.4) is 0 Å². The molecule has 34 heavy (non-hydrogen) atoms. The Morgan fingerprint density at radius 2 is 1.50 bits per heavy atom. The van der Waals surface area contributed by atoms with Gasteiger partial charge < -0.3 is 24.4 Å². The smallest absolute Gasteiger partial charge is 0.232 e. The van der Waals surface area contributed by atoms with Crippen molar-refractivity contribution in [3.05, 3.63) is 48.0 Å². The molecule has 0 aliphatic carbocycles. The molecule has 0 aromatic heterocycles. The molecule has 1 heterocycles. The van der Waals surface area contributed by atoms with Gasteiger partial charge in [-0.15, -0.1) is 0 Å². The maximum atomic E-state index is 13.2. The van der Waals surface area contributed by atoms with Crippen molar-refractivity contribution in [2.24, 2.45) is 0 Å². The lowest BCUT2D eigenvalue weighted by Crippen LogP contribution is -2.53. The third-order valence-corrected chi connectivity index (χ3v) is 6.29. The van der Waals surface area contributed by atoms with Crippen molar-refractivity contribution in [2.75, 3.05) is 59.4 Å². The van der Waals surface area contributed by atoms with E-state index in [0.29, 0.717) is 49.0 Å². The van der Waals surface area contributed by atoms with Crippen LogP contribution in [-0.2, 0) is 15.0 Å². The number of carbonyl (C=O) groups excluding carboxylic acids is 2. The lowest BCUT2D eigenvalue weighted by molar-refractivity contribution is -0.138. The molecule has 2 aromatic rings. The molecule has 8 heteroatoms. The Morgan fingerprint density at radius 1 is 0.912 bits per heavy atom. The lowest BCUT2D eigenvalue weighted by atomic mass is 9.83. The van der Waals surface area contributed by atoms with Gasteiger partial charge in [0.1, 0.15) is 0 Å². The average Bonchev–Trinajstić information content (AvgIpc) is 2.87. The van der Waals surface area contributed by atoms with Crippen molar-refractivity contribution in [3.63, 3.8) is 0 Å². The van der Waals surface area contributed by atoms with Gasteiger partial charge in [-0.05, 0) is 19.4 Å². The van der Waals surface area contributed by atoms with E-state index in [-0.39, 0.29) is 11.8 Å². The zero-order valence-corrected chi connectivity index (χ0v) is 20.7. The van der Waals surface area contributed by atoms with Crippen molar-refractivity contribution in [3.8, 4) is 17.2 Å². The first kappa shape index (κ1) is 25.4. The summed E-state index contributed by atoms with van der Waals surface area (Å²) in [6.45, 7) is 7.38. The van der Waals surface area contributed by atoms with Crippen LogP contribution in [0.25, 0.3) is 0 Å². The second-order valence-electron chi connectivity index (χ2n) is 8.84. The Balaban J connectivity index is 1.50. The molecule has 0 bridgehead atoms. The first-order valence-electron chi connectivity index (χ1n) is 11.5. The number of piperazine rings is 1. The third-order valence-electron chi connectivity index (χ3n) is 6.29. The zero-order valence-electron chi connectivity index (χ0n) is 20.7. The monoisotopic (exact) mass is 469 g/mol. The van der Waals surface area contributed by atoms with Gasteiger partial charge >= 0.3 is 0 Å². The maximum absolute atomic E-state index is 13.2. The molecule has 1 N–H and O–H groups in total. The highest BCUT2D eigenvalue weighted by molar-refractivity contribution is 5.91. The SMILES string of the molecule is COc1cc(NC(=O)CCN2CCN(C(=O)C(C)(C)c3ccccc3)CC2)cc(OC)c1OC. The quantitative estimate of drug-likeness (QED) is 0.608. The van der Waals surface area contributed by atoms with Crippen LogP contribution in [-0.4, -0.2) is 75.7 Å². The molecule has 0 atom stereocenters. The largest absolute Gasteiger partial charge is 0.493 e. The summed E-state index contributed by atoms with van der Waals surface area (Å²) in [6, 6.07) is 13.3. The highest BCUT2D eigenvalue weighted by Crippen LogP contribution is 2.40. The predicted octanol–water partition coefficient (Wildman–Crippen LogP) is 3.16. The number of amides is 2. The van der Waals surface area contributed by atoms with E-state index in [2.05, 4.69) is 10.2 Å². The fourth-order valence-corrected chi connectivity index (χ4v) is 4.18. The second kappa shape index (κ2) is 11.2. The molecule has 1 aliphatic heterocycles. The molecule has 1 aliphatic rings. The molecule has 1 fully saturated rings. The molecular formula is C26H35N3O5. The number of hydrogen-bond donors (Lipinski definition) is 1. The van der Waals surface area contributed by atoms with Gasteiger partial charge in [0, 0.05) is 57.0 Å². The second-order valence-corrected chi connectivity index (χ2v) is 8.84. The summed E-state index contributed by atoms with van der Waals surface area (Å²) in [5, 5.41) is 2.90. The summed E-state index contributed by atoms with van der Waals surface area (Å²) in [4.78, 5) is 29.9. The predicted molar refractivity (Wildman–Crippen MR) is 132 cm³/mol. The van der Waals surface area contributed by atoms with Crippen LogP contribution < -0.4 is 19.5 Å². The molecule has 0 unspecified atom stereocenters. The van der Waals surface area contributed by atoms with Crippen LogP contribution in [0.15, 0.2) is 42.5 Å². The Kier molecular flexibility index (Phi) is 8.39. The van der Waals surface area contributed by atoms with Crippen molar-refractivity contribution >= 4 is 17.5 Å². The Morgan fingerprint density at radius 3 is 2.03 bits per heavy atom. The van der Waals surface area contributed by atoms with Gasteiger partial charge in [0.25, 0.3) is 0 Å². The van der Waals surface area contributed by atoms with E-state index < -0.39 is 5.41 Å². The molecule has 0 spiro atoms. The molecule has 2 aromatic carbocycles. The van der Waals surface area contributed by atoms with Gasteiger partial charge in [-0.1, -0.05) is 30.3 Å². The van der Waals surface area contributed by atoms with Crippen LogP contribution in [0.1, 0.15) is 25.8 Å². The fraction of sp³-hybridized carbons (Fsp3) is 0.462. The maximum Gasteiger partial charge on any atom is 0.232 e. The molecule has 1 saturated heterocycles. The molecule has 8 nitrogen and oxygen atoms in total. The van der Waals surface area contributed by atoms with E-state index in [1.54, 1.807) is 12.1 Å². The van der Waals surface area contributed by atoms with E-state index >= 15 is 0 Å². The standard InChI is InChI=1S/C26H35N3O5/c1-26(2,19-9-7-6-8-10-19)25(31)29-15-13-28(14-16-29)12-11-23(30)27-20-17-21(32-3)24(34-5)22(18-20)33-4/h6-10,17-18H,11-16H2,1-5H3,(H,27,30). The topological polar surface area (TPSA) is 80.3 Å². The number of nitrogens with zero attached hydrogens (tertiary/aromatic N) is 2. The first-order chi connectivity index (χ1) is 16.3. The molecular weight excluding hydrogens is 434 g/mol. The Bertz CT molecular complexity index is 960. The van der Waals surface area contributed by atoms with Gasteiger partial charge in [-0.2, -0.15) is 0 Å². The number of hydrogen-bond acceptors (Lipinski definition) is 6. The van der Waals surface area contributed by atoms with Crippen molar-refractivity contribution in [2.45, 2.75) is 25.7 Å². The minimum atomic E-state index is -0.566. The number of benzene rings is 2. The van der Waals surface area contributed by atoms with Crippen LogP contribution in [0.4, 0.5) is 5.69 Å². The van der Waals surface area contributed by atoms with Gasteiger partial charge in [0.05, 0.1) is 26.7 Å². The first-order valence-corrected chi connectivity index (χ1v) is 11.5. The molecule has 184 valence electrons. The Labute approximate surface area is 201 Å². The number of ether oxygens (including phenoxy) is 3. The molecule has 3 rings (SSSR count). The van der Waals surface area contributed by atoms with E-state index in [4.69, 9.17) is 14.2 Å². The highest BCUT2D eigenvalue weighted by Gasteiger charge is 2.35. The van der Waals surface area contributed by atoms with Gasteiger partial charge in [0.2, 0.25) is 17.6 Å². The lowest BCUT2D eigenvalue weighted by Gasteiger charge is -2.38. The summed E-state index contributed by atoms with van der Waals surface area (Å²) in [5.41, 5.74) is 1.04. The van der Waals surface area contributed by atoms with Gasteiger partial charge in [-0.3, -0.25) is 14.5 Å². The fourth-order valence-electron chi connectivity index (χ4n) is 4.18. The van der Waals surface area contributed by atoms with Gasteiger partial charge in [0.15, 0.2) is 11.5 Å². The zero-order chi connectivity index (χ0) is 24.7. The number of rotatable bonds is 9. The minimum absolute atomic E-state index is 0.0991. The van der Waals surface area contributed by atoms with E-state index in [1.807, 2.05) is 49.1 Å². The van der Waals surface area contributed by atoms with Crippen molar-refractivity contribution < 1.29 is 23.8 Å². The van der Waals surface area contributed by atoms with E-state index in [0.717, 1.165) is 18.7 Å². The summed E-state index contributed by atoms with van der Waals surface area (Å²) in [6.07, 6.45) is 0.347. The number of nitrogens with one attached hydrogen (secondary N) is 1. The van der Waals surface area contributed by atoms with E-state index in [9.17, 15) is 9.59 Å². The van der Waals surface area contributed by atoms with Crippen LogP contribution in [0.2, 0.25) is 0 Å². The molecule has 0 radical (unpaired) electrons. The number of carbonyl (C=O) groups is 2. The minimum Gasteiger partial charge on any atom is -0.493 e. The normalized spacial score (nSPS) is 14.4. The summed E-state index contributed by atoms with van der Waals surface area (Å²) >= 11 is 0. The van der Waals surface area contributed by atoms with Crippen molar-refractivity contribution in [1.29, 1.82) is 0 Å². The summed E-state index contributed by atoms with van der Waals surface area (Å²) in [5.74, 6) is 1.48. The average molecular weight is 470 g/mol. The highest BCUT2D eigenvalue weighted by atomic mass is 16.5. The Hall–Kier alpha value is -3.26. The molecule has 0 saturated carbocycles. The molecule has 2 amide bonds. The van der Waals surface area contributed by atoms with Gasteiger partial charge in [-0.25, -0.2) is 0 Å². The number of methoxy groups -OCH3 is 3.